The summed E-state index contributed by atoms with van der Waals surface area (Å²) in [6.45, 7) is 6.61. The molecule has 26 heavy (non-hydrogen) atoms. The monoisotopic (exact) mass is 353 g/mol. The minimum atomic E-state index is -0.278. The van der Waals surface area contributed by atoms with Gasteiger partial charge in [-0.1, -0.05) is 12.1 Å². The van der Waals surface area contributed by atoms with Gasteiger partial charge >= 0.3 is 0 Å². The van der Waals surface area contributed by atoms with Crippen molar-refractivity contribution >= 4 is 34.8 Å². The molecular weight excluding hydrogens is 330 g/mol. The van der Waals surface area contributed by atoms with Crippen molar-refractivity contribution in [1.29, 1.82) is 0 Å². The minimum Gasteiger partial charge on any atom is -0.326 e. The second-order valence-electron chi connectivity index (χ2n) is 6.20. The Kier molecular flexibility index (Phi) is 6.11. The Morgan fingerprint density at radius 1 is 0.923 bits per heavy atom. The molecule has 0 spiro atoms. The first-order valence-electron chi connectivity index (χ1n) is 8.29. The number of nitrogens with zero attached hydrogens (tertiary/aromatic N) is 1. The predicted molar refractivity (Wildman–Crippen MR) is 103 cm³/mol. The molecule has 2 aromatic rings. The Labute approximate surface area is 153 Å². The van der Waals surface area contributed by atoms with Crippen molar-refractivity contribution in [3.8, 4) is 0 Å². The fourth-order valence-electron chi connectivity index (χ4n) is 2.52. The van der Waals surface area contributed by atoms with Crippen LogP contribution in [-0.2, 0) is 14.4 Å². The molecule has 0 aromatic heterocycles. The van der Waals surface area contributed by atoms with E-state index in [1.165, 1.54) is 18.7 Å². The summed E-state index contributed by atoms with van der Waals surface area (Å²) >= 11 is 0. The largest absolute Gasteiger partial charge is 0.326 e. The first-order chi connectivity index (χ1) is 12.3. The number of carbonyl (C=O) groups excluding carboxylic acids is 3. The van der Waals surface area contributed by atoms with Crippen molar-refractivity contribution in [1.82, 2.24) is 0 Å². The van der Waals surface area contributed by atoms with Crippen LogP contribution >= 0.6 is 0 Å². The van der Waals surface area contributed by atoms with Gasteiger partial charge < -0.3 is 15.5 Å². The zero-order chi connectivity index (χ0) is 19.3. The molecule has 136 valence electrons. The molecule has 2 rings (SSSR count). The van der Waals surface area contributed by atoms with E-state index in [4.69, 9.17) is 0 Å². The Balaban J connectivity index is 2.12. The second kappa shape index (κ2) is 8.29. The maximum absolute atomic E-state index is 12.4. The third kappa shape index (κ3) is 5.17. The average molecular weight is 353 g/mol. The van der Waals surface area contributed by atoms with Crippen molar-refractivity contribution in [3.63, 3.8) is 0 Å². The summed E-state index contributed by atoms with van der Waals surface area (Å²) < 4.78 is 0. The fourth-order valence-corrected chi connectivity index (χ4v) is 2.52. The van der Waals surface area contributed by atoms with E-state index >= 15 is 0 Å². The van der Waals surface area contributed by atoms with E-state index in [-0.39, 0.29) is 24.3 Å². The molecule has 2 N–H and O–H groups in total. The Morgan fingerprint density at radius 3 is 2.15 bits per heavy atom. The highest BCUT2D eigenvalue weighted by Crippen LogP contribution is 2.20. The molecule has 0 fully saturated rings. The number of rotatable bonds is 5. The molecule has 0 atom stereocenters. The summed E-state index contributed by atoms with van der Waals surface area (Å²) in [6.07, 6.45) is 0. The van der Waals surface area contributed by atoms with Crippen LogP contribution in [0.25, 0.3) is 0 Å². The van der Waals surface area contributed by atoms with E-state index in [1.54, 1.807) is 24.3 Å². The molecule has 0 radical (unpaired) electrons. The molecular formula is C20H23N3O3. The molecule has 3 amide bonds. The van der Waals surface area contributed by atoms with Gasteiger partial charge in [0, 0.05) is 30.9 Å². The number of hydrogen-bond donors (Lipinski definition) is 2. The van der Waals surface area contributed by atoms with E-state index in [0.717, 1.165) is 16.8 Å². The van der Waals surface area contributed by atoms with Crippen molar-refractivity contribution in [2.75, 3.05) is 22.1 Å². The zero-order valence-electron chi connectivity index (χ0n) is 15.4. The lowest BCUT2D eigenvalue weighted by Gasteiger charge is -2.21. The van der Waals surface area contributed by atoms with Crippen LogP contribution in [0.4, 0.5) is 17.1 Å². The highest BCUT2D eigenvalue weighted by molar-refractivity contribution is 6.02. The summed E-state index contributed by atoms with van der Waals surface area (Å²) in [5, 5.41) is 5.52. The smallest absolute Gasteiger partial charge is 0.244 e. The maximum atomic E-state index is 12.4. The molecule has 0 aliphatic heterocycles. The van der Waals surface area contributed by atoms with Gasteiger partial charge in [-0.2, -0.15) is 0 Å². The summed E-state index contributed by atoms with van der Waals surface area (Å²) in [5.41, 5.74) is 3.95. The summed E-state index contributed by atoms with van der Waals surface area (Å²) in [4.78, 5) is 36.9. The lowest BCUT2D eigenvalue weighted by Crippen LogP contribution is -2.36. The second-order valence-corrected chi connectivity index (χ2v) is 6.20. The fraction of sp³-hybridized carbons (Fsp3) is 0.250. The van der Waals surface area contributed by atoms with Crippen LogP contribution in [0, 0.1) is 13.8 Å². The van der Waals surface area contributed by atoms with Crippen LogP contribution in [0.2, 0.25) is 0 Å². The molecule has 0 saturated heterocycles. The molecule has 0 aliphatic carbocycles. The lowest BCUT2D eigenvalue weighted by atomic mass is 10.1. The van der Waals surface area contributed by atoms with Crippen LogP contribution < -0.4 is 15.5 Å². The van der Waals surface area contributed by atoms with Gasteiger partial charge in [-0.3, -0.25) is 14.4 Å². The Hall–Kier alpha value is -3.15. The summed E-state index contributed by atoms with van der Waals surface area (Å²) in [7, 11) is 0. The van der Waals surface area contributed by atoms with Crippen molar-refractivity contribution in [2.24, 2.45) is 0 Å². The van der Waals surface area contributed by atoms with E-state index in [9.17, 15) is 14.4 Å². The highest BCUT2D eigenvalue weighted by atomic mass is 16.2. The number of benzene rings is 2. The number of carbonyl (C=O) groups is 3. The molecule has 0 heterocycles. The van der Waals surface area contributed by atoms with E-state index in [0.29, 0.717) is 11.4 Å². The van der Waals surface area contributed by atoms with Gasteiger partial charge in [-0.25, -0.2) is 0 Å². The lowest BCUT2D eigenvalue weighted by molar-refractivity contribution is -0.120. The van der Waals surface area contributed by atoms with Crippen LogP contribution in [0.5, 0.6) is 0 Å². The van der Waals surface area contributed by atoms with Crippen LogP contribution in [0.15, 0.2) is 42.5 Å². The van der Waals surface area contributed by atoms with Crippen molar-refractivity contribution in [3.05, 3.63) is 53.6 Å². The normalized spacial score (nSPS) is 10.2. The zero-order valence-corrected chi connectivity index (χ0v) is 15.4. The Bertz CT molecular complexity index is 829. The standard InChI is InChI=1S/C20H23N3O3/c1-13-5-6-14(2)19(11-13)22-20(26)12-23(16(4)25)18-9-7-17(8-10-18)21-15(3)24/h5-11H,12H2,1-4H3,(H,21,24)(H,22,26). The SMILES string of the molecule is CC(=O)Nc1ccc(N(CC(=O)Nc2cc(C)ccc2C)C(C)=O)cc1. The maximum Gasteiger partial charge on any atom is 0.244 e. The van der Waals surface area contributed by atoms with Crippen LogP contribution in [-0.4, -0.2) is 24.3 Å². The minimum absolute atomic E-state index is 0.0950. The van der Waals surface area contributed by atoms with Gasteiger partial charge in [-0.05, 0) is 55.3 Å². The van der Waals surface area contributed by atoms with Crippen molar-refractivity contribution < 1.29 is 14.4 Å². The third-order valence-corrected chi connectivity index (χ3v) is 3.85. The molecule has 6 nitrogen and oxygen atoms in total. The number of amides is 3. The van der Waals surface area contributed by atoms with Gasteiger partial charge in [0.25, 0.3) is 0 Å². The van der Waals surface area contributed by atoms with E-state index in [1.807, 2.05) is 32.0 Å². The quantitative estimate of drug-likeness (QED) is 0.866. The van der Waals surface area contributed by atoms with E-state index < -0.39 is 0 Å². The number of hydrogen-bond acceptors (Lipinski definition) is 3. The molecule has 0 aliphatic rings. The average Bonchev–Trinajstić information content (AvgIpc) is 2.56. The van der Waals surface area contributed by atoms with Gasteiger partial charge in [0.05, 0.1) is 0 Å². The predicted octanol–water partition coefficient (Wildman–Crippen LogP) is 3.25. The Morgan fingerprint density at radius 2 is 1.58 bits per heavy atom. The topological polar surface area (TPSA) is 78.5 Å². The number of nitrogens with one attached hydrogen (secondary N) is 2. The molecule has 0 bridgehead atoms. The summed E-state index contributed by atoms with van der Waals surface area (Å²) in [6, 6.07) is 12.6. The summed E-state index contributed by atoms with van der Waals surface area (Å²) in [5.74, 6) is -0.692. The van der Waals surface area contributed by atoms with Gasteiger partial charge in [-0.15, -0.1) is 0 Å². The molecule has 0 unspecified atom stereocenters. The first-order valence-corrected chi connectivity index (χ1v) is 8.29. The van der Waals surface area contributed by atoms with Crippen LogP contribution in [0.1, 0.15) is 25.0 Å². The third-order valence-electron chi connectivity index (χ3n) is 3.85. The first kappa shape index (κ1) is 19.2. The number of aryl methyl sites for hydroxylation is 2. The van der Waals surface area contributed by atoms with Crippen molar-refractivity contribution in [2.45, 2.75) is 27.7 Å². The molecule has 6 heteroatoms. The van der Waals surface area contributed by atoms with Crippen LogP contribution in [0.3, 0.4) is 0 Å². The van der Waals surface area contributed by atoms with Gasteiger partial charge in [0.1, 0.15) is 6.54 Å². The van der Waals surface area contributed by atoms with E-state index in [2.05, 4.69) is 10.6 Å². The van der Waals surface area contributed by atoms with Gasteiger partial charge in [0.15, 0.2) is 0 Å². The molecule has 0 saturated carbocycles. The highest BCUT2D eigenvalue weighted by Gasteiger charge is 2.16. The number of anilines is 3. The molecule has 2 aromatic carbocycles. The van der Waals surface area contributed by atoms with Gasteiger partial charge in [0.2, 0.25) is 17.7 Å².